The van der Waals surface area contributed by atoms with E-state index in [1.807, 2.05) is 0 Å². The lowest BCUT2D eigenvalue weighted by Crippen LogP contribution is -2.32. The van der Waals surface area contributed by atoms with Crippen LogP contribution in [0.15, 0.2) is 18.2 Å². The van der Waals surface area contributed by atoms with Crippen molar-refractivity contribution in [1.29, 1.82) is 0 Å². The summed E-state index contributed by atoms with van der Waals surface area (Å²) < 4.78 is 18.1. The van der Waals surface area contributed by atoms with Crippen molar-refractivity contribution in [3.05, 3.63) is 35.1 Å². The molecule has 0 aromatic heterocycles. The summed E-state index contributed by atoms with van der Waals surface area (Å²) in [4.78, 5) is 11.5. The van der Waals surface area contributed by atoms with Gasteiger partial charge in [-0.25, -0.2) is 9.18 Å². The Kier molecular flexibility index (Phi) is 4.67. The summed E-state index contributed by atoms with van der Waals surface area (Å²) in [6.45, 7) is 5.85. The maximum Gasteiger partial charge on any atom is 0.407 e. The third kappa shape index (κ3) is 4.71. The Morgan fingerprint density at radius 3 is 2.61 bits per heavy atom. The lowest BCUT2D eigenvalue weighted by Gasteiger charge is -2.20. The minimum atomic E-state index is -0.538. The van der Waals surface area contributed by atoms with E-state index in [1.165, 1.54) is 12.1 Å². The van der Waals surface area contributed by atoms with Crippen LogP contribution in [-0.4, -0.2) is 11.7 Å². The van der Waals surface area contributed by atoms with Gasteiger partial charge >= 0.3 is 6.09 Å². The quantitative estimate of drug-likeness (QED) is 0.870. The molecule has 3 N–H and O–H groups in total. The second-order valence-electron chi connectivity index (χ2n) is 4.97. The lowest BCUT2D eigenvalue weighted by atomic mass is 10.1. The molecule has 18 heavy (non-hydrogen) atoms. The molecule has 1 rings (SSSR count). The van der Waals surface area contributed by atoms with Gasteiger partial charge in [0, 0.05) is 13.1 Å². The molecule has 1 aromatic rings. The Balaban J connectivity index is 2.61. The second kappa shape index (κ2) is 5.82. The monoisotopic (exact) mass is 254 g/mol. The minimum absolute atomic E-state index is 0.225. The molecule has 0 aliphatic heterocycles. The number of nitrogens with two attached hydrogens (primary N) is 1. The van der Waals surface area contributed by atoms with E-state index in [1.54, 1.807) is 26.8 Å². The van der Waals surface area contributed by atoms with Crippen LogP contribution in [-0.2, 0) is 17.8 Å². The highest BCUT2D eigenvalue weighted by Gasteiger charge is 2.16. The number of hydrogen-bond acceptors (Lipinski definition) is 3. The highest BCUT2D eigenvalue weighted by atomic mass is 19.1. The van der Waals surface area contributed by atoms with Crippen LogP contribution in [0.5, 0.6) is 0 Å². The molecule has 0 aliphatic carbocycles. The Hall–Kier alpha value is -1.62. The molecular weight excluding hydrogens is 235 g/mol. The van der Waals surface area contributed by atoms with Crippen molar-refractivity contribution in [2.24, 2.45) is 5.73 Å². The number of benzene rings is 1. The number of nitrogens with one attached hydrogen (secondary N) is 1. The zero-order valence-corrected chi connectivity index (χ0v) is 10.9. The van der Waals surface area contributed by atoms with Crippen molar-refractivity contribution in [2.75, 3.05) is 0 Å². The SMILES string of the molecule is CC(C)(C)OC(=O)NCc1ccc(F)cc1CN. The van der Waals surface area contributed by atoms with E-state index in [2.05, 4.69) is 5.32 Å². The minimum Gasteiger partial charge on any atom is -0.444 e. The maximum atomic E-state index is 13.0. The zero-order valence-electron chi connectivity index (χ0n) is 10.9. The van der Waals surface area contributed by atoms with Crippen molar-refractivity contribution in [1.82, 2.24) is 5.32 Å². The van der Waals surface area contributed by atoms with Crippen LogP contribution in [0.4, 0.5) is 9.18 Å². The number of carbonyl (C=O) groups excluding carboxylic acids is 1. The second-order valence-corrected chi connectivity index (χ2v) is 4.97. The van der Waals surface area contributed by atoms with Crippen LogP contribution < -0.4 is 11.1 Å². The van der Waals surface area contributed by atoms with Gasteiger partial charge in [-0.1, -0.05) is 6.07 Å². The normalized spacial score (nSPS) is 11.2. The Morgan fingerprint density at radius 2 is 2.06 bits per heavy atom. The molecule has 0 unspecified atom stereocenters. The molecule has 0 saturated carbocycles. The standard InChI is InChI=1S/C13H19FN2O2/c1-13(2,3)18-12(17)16-8-9-4-5-11(14)6-10(9)7-15/h4-6H,7-8,15H2,1-3H3,(H,16,17). The van der Waals surface area contributed by atoms with Crippen LogP contribution in [0.3, 0.4) is 0 Å². The topological polar surface area (TPSA) is 64.3 Å². The van der Waals surface area contributed by atoms with Gasteiger partial charge in [0.2, 0.25) is 0 Å². The molecule has 0 bridgehead atoms. The van der Waals surface area contributed by atoms with E-state index in [-0.39, 0.29) is 18.9 Å². The van der Waals surface area contributed by atoms with Crippen molar-refractivity contribution < 1.29 is 13.9 Å². The fraction of sp³-hybridized carbons (Fsp3) is 0.462. The molecule has 4 nitrogen and oxygen atoms in total. The first-order valence-corrected chi connectivity index (χ1v) is 5.76. The molecule has 0 saturated heterocycles. The van der Waals surface area contributed by atoms with Gasteiger partial charge in [0.25, 0.3) is 0 Å². The number of hydrogen-bond donors (Lipinski definition) is 2. The van der Waals surface area contributed by atoms with Gasteiger partial charge in [-0.05, 0) is 44.0 Å². The summed E-state index contributed by atoms with van der Waals surface area (Å²) in [5.41, 5.74) is 6.43. The predicted octanol–water partition coefficient (Wildman–Crippen LogP) is 2.31. The molecule has 1 amide bonds. The molecule has 0 atom stereocenters. The van der Waals surface area contributed by atoms with Gasteiger partial charge in [-0.2, -0.15) is 0 Å². The first-order chi connectivity index (χ1) is 8.31. The summed E-state index contributed by atoms with van der Waals surface area (Å²) in [6, 6.07) is 4.31. The first-order valence-electron chi connectivity index (χ1n) is 5.76. The summed E-state index contributed by atoms with van der Waals surface area (Å²) in [5.74, 6) is -0.337. The molecule has 0 heterocycles. The van der Waals surface area contributed by atoms with E-state index in [9.17, 15) is 9.18 Å². The molecule has 0 radical (unpaired) electrons. The molecular formula is C13H19FN2O2. The van der Waals surface area contributed by atoms with Crippen LogP contribution in [0.25, 0.3) is 0 Å². The highest BCUT2D eigenvalue weighted by Crippen LogP contribution is 2.11. The van der Waals surface area contributed by atoms with Crippen LogP contribution >= 0.6 is 0 Å². The number of alkyl carbamates (subject to hydrolysis) is 1. The Morgan fingerprint density at radius 1 is 1.39 bits per heavy atom. The molecule has 0 aliphatic rings. The number of amides is 1. The van der Waals surface area contributed by atoms with Gasteiger partial charge in [0.05, 0.1) is 0 Å². The maximum absolute atomic E-state index is 13.0. The number of halogens is 1. The van der Waals surface area contributed by atoms with E-state index >= 15 is 0 Å². The van der Waals surface area contributed by atoms with E-state index < -0.39 is 11.7 Å². The molecule has 5 heteroatoms. The molecule has 1 aromatic carbocycles. The van der Waals surface area contributed by atoms with Crippen LogP contribution in [0.1, 0.15) is 31.9 Å². The predicted molar refractivity (Wildman–Crippen MR) is 67.4 cm³/mol. The summed E-state index contributed by atoms with van der Waals surface area (Å²) in [7, 11) is 0. The fourth-order valence-electron chi connectivity index (χ4n) is 1.44. The molecule has 0 spiro atoms. The summed E-state index contributed by atoms with van der Waals surface area (Å²) >= 11 is 0. The fourth-order valence-corrected chi connectivity index (χ4v) is 1.44. The third-order valence-electron chi connectivity index (χ3n) is 2.21. The van der Waals surface area contributed by atoms with Gasteiger partial charge in [-0.3, -0.25) is 0 Å². The summed E-state index contributed by atoms with van der Waals surface area (Å²) in [5, 5.41) is 2.61. The van der Waals surface area contributed by atoms with Crippen LogP contribution in [0, 0.1) is 5.82 Å². The lowest BCUT2D eigenvalue weighted by molar-refractivity contribution is 0.0523. The van der Waals surface area contributed by atoms with Crippen molar-refractivity contribution >= 4 is 6.09 Å². The van der Waals surface area contributed by atoms with Gasteiger partial charge < -0.3 is 15.8 Å². The summed E-state index contributed by atoms with van der Waals surface area (Å²) in [6.07, 6.45) is -0.505. The van der Waals surface area contributed by atoms with Gasteiger partial charge in [0.15, 0.2) is 0 Å². The average molecular weight is 254 g/mol. The third-order valence-corrected chi connectivity index (χ3v) is 2.21. The van der Waals surface area contributed by atoms with E-state index in [0.717, 1.165) is 5.56 Å². The highest BCUT2D eigenvalue weighted by molar-refractivity contribution is 5.67. The Labute approximate surface area is 106 Å². The van der Waals surface area contributed by atoms with Gasteiger partial charge in [0.1, 0.15) is 11.4 Å². The first kappa shape index (κ1) is 14.4. The van der Waals surface area contributed by atoms with Crippen molar-refractivity contribution in [3.63, 3.8) is 0 Å². The number of ether oxygens (including phenoxy) is 1. The van der Waals surface area contributed by atoms with Crippen LogP contribution in [0.2, 0.25) is 0 Å². The van der Waals surface area contributed by atoms with Gasteiger partial charge in [-0.15, -0.1) is 0 Å². The van der Waals surface area contributed by atoms with E-state index in [4.69, 9.17) is 10.5 Å². The Bertz CT molecular complexity index is 427. The van der Waals surface area contributed by atoms with Crippen molar-refractivity contribution in [3.8, 4) is 0 Å². The average Bonchev–Trinajstić information content (AvgIpc) is 2.24. The zero-order chi connectivity index (χ0) is 13.8. The molecule has 100 valence electrons. The largest absolute Gasteiger partial charge is 0.444 e. The van der Waals surface area contributed by atoms with Crippen molar-refractivity contribution in [2.45, 2.75) is 39.5 Å². The smallest absolute Gasteiger partial charge is 0.407 e. The number of carbonyl (C=O) groups is 1. The molecule has 0 fully saturated rings. The number of rotatable bonds is 3. The van der Waals surface area contributed by atoms with E-state index in [0.29, 0.717) is 5.56 Å².